The third kappa shape index (κ3) is 6.91. The number of ether oxygens (including phenoxy) is 2. The molecule has 38 heavy (non-hydrogen) atoms. The van der Waals surface area contributed by atoms with Crippen molar-refractivity contribution in [2.24, 2.45) is 0 Å². The highest BCUT2D eigenvalue weighted by Gasteiger charge is 2.39. The normalized spacial score (nSPS) is 15.4. The largest absolute Gasteiger partial charge is 0.495 e. The Morgan fingerprint density at radius 2 is 1.37 bits per heavy atom. The fourth-order valence-corrected chi connectivity index (χ4v) is 4.92. The van der Waals surface area contributed by atoms with Gasteiger partial charge < -0.3 is 19.2 Å². The van der Waals surface area contributed by atoms with Gasteiger partial charge in [0.15, 0.2) is 0 Å². The summed E-state index contributed by atoms with van der Waals surface area (Å²) < 4.78 is 18.2. The molecule has 5 rings (SSSR count). The van der Waals surface area contributed by atoms with Crippen molar-refractivity contribution >= 4 is 12.6 Å². The van der Waals surface area contributed by atoms with Gasteiger partial charge in [0.1, 0.15) is 11.9 Å². The highest BCUT2D eigenvalue weighted by Crippen LogP contribution is 2.30. The molecule has 2 unspecified atom stereocenters. The van der Waals surface area contributed by atoms with Crippen molar-refractivity contribution in [3.05, 3.63) is 131 Å². The van der Waals surface area contributed by atoms with Crippen LogP contribution >= 0.6 is 0 Å². The quantitative estimate of drug-likeness (QED) is 0.270. The zero-order chi connectivity index (χ0) is 26.2. The Hall–Kier alpha value is -3.42. The molecular weight excluding hydrogens is 473 g/mol. The average molecular weight is 507 g/mol. The molecule has 0 amide bonds. The SMILES string of the molecule is CC(COCc1ccccc1)Oc1cccc2c1B(O)OC2CN(Cc1ccccc1)Cc1ccccc1. The zero-order valence-electron chi connectivity index (χ0n) is 21.8. The number of nitrogens with zero attached hydrogens (tertiary/aromatic N) is 1. The molecule has 4 aromatic rings. The average Bonchev–Trinajstić information content (AvgIpc) is 3.26. The molecule has 5 nitrogen and oxygen atoms in total. The number of fused-ring (bicyclic) bond motifs is 1. The summed E-state index contributed by atoms with van der Waals surface area (Å²) in [6.07, 6.45) is -0.440. The summed E-state index contributed by atoms with van der Waals surface area (Å²) in [6.45, 7) is 5.17. The lowest BCUT2D eigenvalue weighted by Crippen LogP contribution is -2.32. The van der Waals surface area contributed by atoms with Crippen LogP contribution in [0.2, 0.25) is 0 Å². The lowest BCUT2D eigenvalue weighted by Gasteiger charge is -2.26. The second-order valence-corrected chi connectivity index (χ2v) is 9.81. The Kier molecular flexibility index (Phi) is 8.89. The maximum absolute atomic E-state index is 10.9. The van der Waals surface area contributed by atoms with E-state index >= 15 is 0 Å². The third-order valence-corrected chi connectivity index (χ3v) is 6.70. The Balaban J connectivity index is 1.27. The smallest absolute Gasteiger partial charge is 0.489 e. The Morgan fingerprint density at radius 1 is 0.789 bits per heavy atom. The number of rotatable bonds is 12. The monoisotopic (exact) mass is 507 g/mol. The molecule has 1 heterocycles. The van der Waals surface area contributed by atoms with Gasteiger partial charge in [0.25, 0.3) is 0 Å². The van der Waals surface area contributed by atoms with Gasteiger partial charge in [0.2, 0.25) is 0 Å². The fourth-order valence-electron chi connectivity index (χ4n) is 4.92. The minimum atomic E-state index is -1.03. The number of hydrogen-bond acceptors (Lipinski definition) is 5. The van der Waals surface area contributed by atoms with E-state index in [9.17, 15) is 5.02 Å². The van der Waals surface area contributed by atoms with E-state index in [0.29, 0.717) is 31.0 Å². The first kappa shape index (κ1) is 26.2. The van der Waals surface area contributed by atoms with E-state index in [2.05, 4.69) is 53.4 Å². The van der Waals surface area contributed by atoms with Crippen molar-refractivity contribution < 1.29 is 19.2 Å². The van der Waals surface area contributed by atoms with Crippen LogP contribution in [0.1, 0.15) is 35.3 Å². The van der Waals surface area contributed by atoms with Gasteiger partial charge in [-0.25, -0.2) is 0 Å². The molecule has 1 aliphatic heterocycles. The first-order valence-electron chi connectivity index (χ1n) is 13.2. The molecule has 0 aromatic heterocycles. The molecule has 0 radical (unpaired) electrons. The molecule has 4 aromatic carbocycles. The predicted octanol–water partition coefficient (Wildman–Crippen LogP) is 5.13. The summed E-state index contributed by atoms with van der Waals surface area (Å²) in [5, 5.41) is 10.9. The van der Waals surface area contributed by atoms with E-state index in [1.165, 1.54) is 11.1 Å². The molecule has 0 saturated carbocycles. The summed E-state index contributed by atoms with van der Waals surface area (Å²) >= 11 is 0. The maximum Gasteiger partial charge on any atom is 0.495 e. The molecular formula is C32H34BNO4. The first-order chi connectivity index (χ1) is 18.7. The van der Waals surface area contributed by atoms with E-state index < -0.39 is 7.12 Å². The van der Waals surface area contributed by atoms with Gasteiger partial charge in [-0.2, -0.15) is 0 Å². The minimum absolute atomic E-state index is 0.177. The molecule has 0 aliphatic carbocycles. The molecule has 194 valence electrons. The molecule has 2 atom stereocenters. The second kappa shape index (κ2) is 12.9. The van der Waals surface area contributed by atoms with Crippen molar-refractivity contribution in [1.82, 2.24) is 4.90 Å². The number of benzene rings is 4. The van der Waals surface area contributed by atoms with Crippen molar-refractivity contribution in [3.8, 4) is 5.75 Å². The molecule has 0 fully saturated rings. The zero-order valence-corrected chi connectivity index (χ0v) is 21.8. The molecule has 1 aliphatic rings. The van der Waals surface area contributed by atoms with E-state index in [-0.39, 0.29) is 12.2 Å². The van der Waals surface area contributed by atoms with E-state index in [4.69, 9.17) is 14.1 Å². The van der Waals surface area contributed by atoms with Crippen LogP contribution in [0.25, 0.3) is 0 Å². The molecule has 1 N–H and O–H groups in total. The van der Waals surface area contributed by atoms with Gasteiger partial charge >= 0.3 is 7.12 Å². The molecule has 6 heteroatoms. The van der Waals surface area contributed by atoms with Gasteiger partial charge in [-0.3, -0.25) is 4.90 Å². The maximum atomic E-state index is 10.9. The van der Waals surface area contributed by atoms with Gasteiger partial charge in [0, 0.05) is 25.1 Å². The Morgan fingerprint density at radius 3 is 1.97 bits per heavy atom. The van der Waals surface area contributed by atoms with Crippen LogP contribution in [0.4, 0.5) is 0 Å². The lowest BCUT2D eigenvalue weighted by molar-refractivity contribution is 0.0497. The predicted molar refractivity (Wildman–Crippen MR) is 151 cm³/mol. The van der Waals surface area contributed by atoms with Crippen LogP contribution < -0.4 is 10.2 Å². The second-order valence-electron chi connectivity index (χ2n) is 9.81. The van der Waals surface area contributed by atoms with Gasteiger partial charge in [-0.15, -0.1) is 0 Å². The van der Waals surface area contributed by atoms with Crippen molar-refractivity contribution in [2.45, 2.75) is 38.8 Å². The van der Waals surface area contributed by atoms with E-state index in [1.54, 1.807) is 0 Å². The van der Waals surface area contributed by atoms with Crippen LogP contribution in [-0.4, -0.2) is 36.3 Å². The van der Waals surface area contributed by atoms with Crippen molar-refractivity contribution in [2.75, 3.05) is 13.2 Å². The van der Waals surface area contributed by atoms with Gasteiger partial charge in [-0.1, -0.05) is 103 Å². The van der Waals surface area contributed by atoms with E-state index in [1.807, 2.05) is 67.6 Å². The summed E-state index contributed by atoms with van der Waals surface area (Å²) in [4.78, 5) is 2.37. The first-order valence-corrected chi connectivity index (χ1v) is 13.2. The molecule has 0 spiro atoms. The van der Waals surface area contributed by atoms with E-state index in [0.717, 1.165) is 24.2 Å². The van der Waals surface area contributed by atoms with Gasteiger partial charge in [-0.05, 0) is 35.2 Å². The molecule has 0 bridgehead atoms. The summed E-state index contributed by atoms with van der Waals surface area (Å²) in [5.74, 6) is 0.644. The Bertz CT molecular complexity index is 1230. The lowest BCUT2D eigenvalue weighted by atomic mass is 9.78. The Labute approximate surface area is 225 Å². The van der Waals surface area contributed by atoms with Crippen LogP contribution in [0, 0.1) is 0 Å². The van der Waals surface area contributed by atoms with Crippen molar-refractivity contribution in [1.29, 1.82) is 0 Å². The topological polar surface area (TPSA) is 51.2 Å². The number of hydrogen-bond donors (Lipinski definition) is 1. The highest BCUT2D eigenvalue weighted by atomic mass is 16.5. The van der Waals surface area contributed by atoms with Crippen LogP contribution in [0.5, 0.6) is 5.75 Å². The highest BCUT2D eigenvalue weighted by molar-refractivity contribution is 6.62. The van der Waals surface area contributed by atoms with Crippen molar-refractivity contribution in [3.63, 3.8) is 0 Å². The van der Waals surface area contributed by atoms with Crippen LogP contribution in [0.15, 0.2) is 109 Å². The minimum Gasteiger partial charge on any atom is -0.489 e. The summed E-state index contributed by atoms with van der Waals surface area (Å²) in [7, 11) is -1.03. The summed E-state index contributed by atoms with van der Waals surface area (Å²) in [6, 6.07) is 36.9. The fraction of sp³-hybridized carbons (Fsp3) is 0.250. The molecule has 0 saturated heterocycles. The van der Waals surface area contributed by atoms with Gasteiger partial charge in [0.05, 0.1) is 19.3 Å². The van der Waals surface area contributed by atoms with Crippen LogP contribution in [0.3, 0.4) is 0 Å². The summed E-state index contributed by atoms with van der Waals surface area (Å²) in [5.41, 5.74) is 5.29. The third-order valence-electron chi connectivity index (χ3n) is 6.70. The standard InChI is InChI=1S/C32H34BNO4/c1-25(23-36-24-28-16-9-4-10-17-28)37-30-19-11-18-29-31(38-33(35)32(29)30)22-34(20-26-12-5-2-6-13-26)21-27-14-7-3-8-15-27/h2-19,25,31,35H,20-24H2,1H3. The van der Waals surface area contributed by atoms with Crippen LogP contribution in [-0.2, 0) is 29.1 Å².